The summed E-state index contributed by atoms with van der Waals surface area (Å²) in [6, 6.07) is 5.81. The maximum absolute atomic E-state index is 5.69. The van der Waals surface area contributed by atoms with Gasteiger partial charge in [0.2, 0.25) is 0 Å². The largest absolute Gasteiger partial charge is 0.399 e. The zero-order chi connectivity index (χ0) is 10.0. The molecule has 1 heteroatoms. The maximum Gasteiger partial charge on any atom is 0.0320 e. The predicted octanol–water partition coefficient (Wildman–Crippen LogP) is 3.34. The van der Waals surface area contributed by atoms with E-state index in [1.54, 1.807) is 0 Å². The fourth-order valence-electron chi connectivity index (χ4n) is 1.29. The number of rotatable bonds is 2. The molecule has 0 aromatic heterocycles. The number of hydrogen-bond donors (Lipinski definition) is 1. The van der Waals surface area contributed by atoms with Crippen molar-refractivity contribution in [2.75, 3.05) is 5.73 Å². The van der Waals surface area contributed by atoms with Gasteiger partial charge in [-0.15, -0.1) is 0 Å². The third kappa shape index (κ3) is 2.00. The molecule has 1 aromatic rings. The van der Waals surface area contributed by atoms with Crippen LogP contribution in [-0.4, -0.2) is 0 Å². The van der Waals surface area contributed by atoms with E-state index in [0.29, 0.717) is 0 Å². The van der Waals surface area contributed by atoms with Crippen LogP contribution < -0.4 is 5.73 Å². The lowest BCUT2D eigenvalue weighted by Crippen LogP contribution is -1.92. The fourth-order valence-corrected chi connectivity index (χ4v) is 1.29. The second-order valence-corrected chi connectivity index (χ2v) is 3.37. The third-order valence-corrected chi connectivity index (χ3v) is 1.96. The van der Waals surface area contributed by atoms with Gasteiger partial charge < -0.3 is 5.73 Å². The van der Waals surface area contributed by atoms with Gasteiger partial charge in [0.05, 0.1) is 0 Å². The molecule has 13 heavy (non-hydrogen) atoms. The van der Waals surface area contributed by atoms with Crippen LogP contribution in [0.15, 0.2) is 31.4 Å². The Kier molecular flexibility index (Phi) is 2.57. The molecule has 0 atom stereocenters. The zero-order valence-electron chi connectivity index (χ0n) is 8.22. The summed E-state index contributed by atoms with van der Waals surface area (Å²) >= 11 is 0. The monoisotopic (exact) mass is 173 g/mol. The van der Waals surface area contributed by atoms with Crippen molar-refractivity contribution in [2.24, 2.45) is 0 Å². The number of nitrogens with two attached hydrogens (primary N) is 1. The van der Waals surface area contributed by atoms with Gasteiger partial charge in [0.25, 0.3) is 0 Å². The molecule has 0 saturated heterocycles. The lowest BCUT2D eigenvalue weighted by Gasteiger charge is -2.09. The van der Waals surface area contributed by atoms with Gasteiger partial charge in [-0.25, -0.2) is 0 Å². The molecule has 0 unspecified atom stereocenters. The average Bonchev–Trinajstić information content (AvgIpc) is 2.03. The van der Waals surface area contributed by atoms with Gasteiger partial charge in [0, 0.05) is 5.69 Å². The Bertz CT molecular complexity index is 361. The summed E-state index contributed by atoms with van der Waals surface area (Å²) in [5, 5.41) is 0. The Balaban J connectivity index is 3.35. The van der Waals surface area contributed by atoms with Gasteiger partial charge in [-0.3, -0.25) is 0 Å². The standard InChI is InChI=1S/C12H15N/c1-8(2)11-6-5-10(13)7-12(11)9(3)4/h5-7H,1,3,13H2,2,4H3. The van der Waals surface area contributed by atoms with Crippen molar-refractivity contribution in [3.8, 4) is 0 Å². The molecule has 0 aliphatic rings. The van der Waals surface area contributed by atoms with Gasteiger partial charge in [-0.1, -0.05) is 30.4 Å². The molecule has 1 aromatic carbocycles. The molecule has 2 N–H and O–H groups in total. The topological polar surface area (TPSA) is 26.0 Å². The van der Waals surface area contributed by atoms with Gasteiger partial charge in [0.15, 0.2) is 0 Å². The van der Waals surface area contributed by atoms with Crippen LogP contribution in [0.2, 0.25) is 0 Å². The first-order valence-electron chi connectivity index (χ1n) is 4.23. The Morgan fingerprint density at radius 2 is 1.62 bits per heavy atom. The summed E-state index contributed by atoms with van der Waals surface area (Å²) in [6.07, 6.45) is 0. The highest BCUT2D eigenvalue weighted by atomic mass is 14.5. The first-order chi connectivity index (χ1) is 6.02. The van der Waals surface area contributed by atoms with E-state index >= 15 is 0 Å². The highest BCUT2D eigenvalue weighted by molar-refractivity contribution is 5.78. The smallest absolute Gasteiger partial charge is 0.0320 e. The molecule has 0 aliphatic carbocycles. The van der Waals surface area contributed by atoms with Crippen LogP contribution in [0, 0.1) is 0 Å². The SMILES string of the molecule is C=C(C)c1ccc(N)cc1C(=C)C. The summed E-state index contributed by atoms with van der Waals surface area (Å²) < 4.78 is 0. The van der Waals surface area contributed by atoms with E-state index < -0.39 is 0 Å². The fraction of sp³-hybridized carbons (Fsp3) is 0.167. The van der Waals surface area contributed by atoms with Crippen LogP contribution in [-0.2, 0) is 0 Å². The second kappa shape index (κ2) is 3.48. The van der Waals surface area contributed by atoms with E-state index in [-0.39, 0.29) is 0 Å². The molecule has 0 heterocycles. The van der Waals surface area contributed by atoms with Crippen LogP contribution in [0.4, 0.5) is 5.69 Å². The Morgan fingerprint density at radius 3 is 2.08 bits per heavy atom. The van der Waals surface area contributed by atoms with Gasteiger partial charge >= 0.3 is 0 Å². The molecule has 1 rings (SSSR count). The quantitative estimate of drug-likeness (QED) is 0.682. The number of hydrogen-bond acceptors (Lipinski definition) is 1. The van der Waals surface area contributed by atoms with Crippen molar-refractivity contribution >= 4 is 16.8 Å². The van der Waals surface area contributed by atoms with E-state index in [0.717, 1.165) is 28.0 Å². The minimum absolute atomic E-state index is 0.767. The molecular weight excluding hydrogens is 158 g/mol. The molecule has 0 spiro atoms. The number of nitrogen functional groups attached to an aromatic ring is 1. The third-order valence-electron chi connectivity index (χ3n) is 1.96. The number of allylic oxidation sites excluding steroid dienone is 2. The van der Waals surface area contributed by atoms with E-state index in [4.69, 9.17) is 5.73 Å². The average molecular weight is 173 g/mol. The van der Waals surface area contributed by atoms with Crippen molar-refractivity contribution in [1.29, 1.82) is 0 Å². The summed E-state index contributed by atoms with van der Waals surface area (Å²) in [5.41, 5.74) is 10.7. The minimum atomic E-state index is 0.767. The van der Waals surface area contributed by atoms with Gasteiger partial charge in [-0.05, 0) is 37.1 Å². The first kappa shape index (κ1) is 9.59. The molecule has 0 saturated carbocycles. The number of benzene rings is 1. The second-order valence-electron chi connectivity index (χ2n) is 3.37. The molecular formula is C12H15N. The predicted molar refractivity (Wildman–Crippen MR) is 60.3 cm³/mol. The van der Waals surface area contributed by atoms with Crippen molar-refractivity contribution in [2.45, 2.75) is 13.8 Å². The molecule has 0 radical (unpaired) electrons. The molecule has 1 nitrogen and oxygen atoms in total. The van der Waals surface area contributed by atoms with Crippen molar-refractivity contribution in [3.05, 3.63) is 42.5 Å². The lowest BCUT2D eigenvalue weighted by atomic mass is 9.97. The normalized spacial score (nSPS) is 9.69. The van der Waals surface area contributed by atoms with Crippen molar-refractivity contribution in [3.63, 3.8) is 0 Å². The molecule has 0 amide bonds. The van der Waals surface area contributed by atoms with E-state index in [1.807, 2.05) is 32.0 Å². The van der Waals surface area contributed by atoms with Crippen molar-refractivity contribution < 1.29 is 0 Å². The van der Waals surface area contributed by atoms with Gasteiger partial charge in [-0.2, -0.15) is 0 Å². The zero-order valence-corrected chi connectivity index (χ0v) is 8.22. The van der Waals surface area contributed by atoms with Crippen LogP contribution in [0.3, 0.4) is 0 Å². The van der Waals surface area contributed by atoms with E-state index in [2.05, 4.69) is 13.2 Å². The Labute approximate surface area is 79.6 Å². The van der Waals surface area contributed by atoms with Gasteiger partial charge in [0.1, 0.15) is 0 Å². The molecule has 0 bridgehead atoms. The number of anilines is 1. The summed E-state index contributed by atoms with van der Waals surface area (Å²) in [5.74, 6) is 0. The van der Waals surface area contributed by atoms with Crippen LogP contribution in [0.1, 0.15) is 25.0 Å². The highest BCUT2D eigenvalue weighted by Gasteiger charge is 2.03. The molecule has 68 valence electrons. The molecule has 0 fully saturated rings. The summed E-state index contributed by atoms with van der Waals surface area (Å²) in [4.78, 5) is 0. The molecule has 0 aliphatic heterocycles. The Morgan fingerprint density at radius 1 is 1.08 bits per heavy atom. The minimum Gasteiger partial charge on any atom is -0.399 e. The Hall–Kier alpha value is -1.50. The summed E-state index contributed by atoms with van der Waals surface area (Å²) in [6.45, 7) is 11.8. The van der Waals surface area contributed by atoms with E-state index in [1.165, 1.54) is 0 Å². The van der Waals surface area contributed by atoms with Crippen LogP contribution >= 0.6 is 0 Å². The first-order valence-corrected chi connectivity index (χ1v) is 4.23. The van der Waals surface area contributed by atoms with Crippen LogP contribution in [0.5, 0.6) is 0 Å². The lowest BCUT2D eigenvalue weighted by molar-refractivity contribution is 1.50. The summed E-state index contributed by atoms with van der Waals surface area (Å²) in [7, 11) is 0. The van der Waals surface area contributed by atoms with Crippen LogP contribution in [0.25, 0.3) is 11.1 Å². The van der Waals surface area contributed by atoms with Crippen molar-refractivity contribution in [1.82, 2.24) is 0 Å². The van der Waals surface area contributed by atoms with E-state index in [9.17, 15) is 0 Å². The highest BCUT2D eigenvalue weighted by Crippen LogP contribution is 2.25. The maximum atomic E-state index is 5.69.